The summed E-state index contributed by atoms with van der Waals surface area (Å²) in [7, 11) is 1.58. The number of nitrogens with one attached hydrogen (secondary N) is 2. The summed E-state index contributed by atoms with van der Waals surface area (Å²) in [5.41, 5.74) is 0.866. The second-order valence-corrected chi connectivity index (χ2v) is 14.6. The molecule has 3 aromatic carbocycles. The molecule has 12 heteroatoms. The lowest BCUT2D eigenvalue weighted by molar-refractivity contribution is -0.140. The number of carboxylic acids is 1. The molecule has 1 unspecified atom stereocenters. The van der Waals surface area contributed by atoms with Crippen molar-refractivity contribution in [2.45, 2.75) is 71.8 Å². The Hall–Kier alpha value is -5.65. The lowest BCUT2D eigenvalue weighted by Crippen LogP contribution is -2.57. The number of pyridine rings is 1. The molecule has 1 aliphatic rings. The van der Waals surface area contributed by atoms with Crippen LogP contribution >= 0.6 is 0 Å². The Balaban J connectivity index is 1.51. The van der Waals surface area contributed by atoms with Crippen molar-refractivity contribution in [3.8, 4) is 22.8 Å². The molecule has 0 aliphatic carbocycles. The smallest absolute Gasteiger partial charge is 0.408 e. The number of anilines is 1. The normalized spacial score (nSPS) is 16.6. The van der Waals surface area contributed by atoms with E-state index in [0.29, 0.717) is 28.1 Å². The summed E-state index contributed by atoms with van der Waals surface area (Å²) in [5, 5.41) is 15.7. The number of carbonyl (C=O) groups excluding carboxylic acids is 3. The summed E-state index contributed by atoms with van der Waals surface area (Å²) in [6, 6.07) is 20.7. The van der Waals surface area contributed by atoms with E-state index < -0.39 is 53.1 Å². The van der Waals surface area contributed by atoms with Crippen LogP contribution in [0.15, 0.2) is 78.9 Å². The minimum absolute atomic E-state index is 0.00172. The topological polar surface area (TPSA) is 156 Å². The standard InChI is InChI=1S/C39H44N4O8/c1-38(2,3)33(42-37(48)51-39(4,5)6)35(45)43-22-27(20-31(43)34(44)40-25-15-11-14-24(18-25)36(46)47)50-32-21-29(23-12-9-8-10-13-23)41-30-19-26(49-7)16-17-28(30)32/h8-19,21,27,31,33H,20,22H2,1-7H3,(H,40,44)(H,42,48)(H,46,47)/t27-,31?,33-/m1/s1. The number of nitrogens with zero attached hydrogens (tertiary/aromatic N) is 2. The van der Waals surface area contributed by atoms with Crippen molar-refractivity contribution < 1.29 is 38.5 Å². The highest BCUT2D eigenvalue weighted by Crippen LogP contribution is 2.35. The van der Waals surface area contributed by atoms with E-state index in [9.17, 15) is 24.3 Å². The molecule has 1 aromatic heterocycles. The predicted octanol–water partition coefficient (Wildman–Crippen LogP) is 6.54. The number of benzene rings is 3. The van der Waals surface area contributed by atoms with E-state index in [4.69, 9.17) is 19.2 Å². The van der Waals surface area contributed by atoms with E-state index in [1.54, 1.807) is 40.0 Å². The molecule has 3 N–H and O–H groups in total. The zero-order chi connectivity index (χ0) is 37.1. The molecule has 12 nitrogen and oxygen atoms in total. The maximum Gasteiger partial charge on any atom is 0.408 e. The van der Waals surface area contributed by atoms with Gasteiger partial charge in [0.1, 0.15) is 35.3 Å². The van der Waals surface area contributed by atoms with Gasteiger partial charge in [0.05, 0.1) is 30.4 Å². The highest BCUT2D eigenvalue weighted by molar-refractivity contribution is 6.00. The number of ether oxygens (including phenoxy) is 3. The number of likely N-dealkylation sites (tertiary alicyclic amines) is 1. The van der Waals surface area contributed by atoms with E-state index in [1.165, 1.54) is 23.1 Å². The number of fused-ring (bicyclic) bond motifs is 1. The van der Waals surface area contributed by atoms with Crippen LogP contribution in [-0.4, -0.2) is 76.3 Å². The maximum absolute atomic E-state index is 14.4. The Morgan fingerprint density at radius 2 is 1.65 bits per heavy atom. The molecule has 3 amide bonds. The highest BCUT2D eigenvalue weighted by atomic mass is 16.6. The number of methoxy groups -OCH3 is 1. The summed E-state index contributed by atoms with van der Waals surface area (Å²) in [6.07, 6.45) is -1.30. The first-order valence-electron chi connectivity index (χ1n) is 16.7. The largest absolute Gasteiger partial charge is 0.497 e. The molecule has 0 spiro atoms. The quantitative estimate of drug-likeness (QED) is 0.177. The summed E-state index contributed by atoms with van der Waals surface area (Å²) < 4.78 is 17.6. The number of aromatic carboxylic acids is 1. The van der Waals surface area contributed by atoms with Crippen LogP contribution < -0.4 is 20.1 Å². The van der Waals surface area contributed by atoms with Gasteiger partial charge in [0.15, 0.2) is 0 Å². The van der Waals surface area contributed by atoms with Crippen LogP contribution in [-0.2, 0) is 14.3 Å². The van der Waals surface area contributed by atoms with E-state index in [1.807, 2.05) is 69.3 Å². The maximum atomic E-state index is 14.4. The fourth-order valence-corrected chi connectivity index (χ4v) is 5.91. The van der Waals surface area contributed by atoms with E-state index in [2.05, 4.69) is 10.6 Å². The van der Waals surface area contributed by atoms with Gasteiger partial charge in [-0.1, -0.05) is 57.2 Å². The molecular weight excluding hydrogens is 652 g/mol. The third-order valence-corrected chi connectivity index (χ3v) is 8.34. The van der Waals surface area contributed by atoms with Crippen molar-refractivity contribution in [3.05, 3.63) is 84.4 Å². The van der Waals surface area contributed by atoms with Crippen molar-refractivity contribution in [2.75, 3.05) is 19.0 Å². The van der Waals surface area contributed by atoms with Gasteiger partial charge >= 0.3 is 12.1 Å². The first-order valence-corrected chi connectivity index (χ1v) is 16.7. The Kier molecular flexibility index (Phi) is 10.5. The van der Waals surface area contributed by atoms with Crippen LogP contribution in [0.1, 0.15) is 58.3 Å². The van der Waals surface area contributed by atoms with Crippen molar-refractivity contribution in [1.29, 1.82) is 0 Å². The minimum atomic E-state index is -1.14. The van der Waals surface area contributed by atoms with Crippen molar-refractivity contribution in [2.24, 2.45) is 5.41 Å². The molecule has 51 heavy (non-hydrogen) atoms. The molecule has 1 fully saturated rings. The molecule has 0 saturated carbocycles. The lowest BCUT2D eigenvalue weighted by Gasteiger charge is -2.35. The van der Waals surface area contributed by atoms with E-state index in [0.717, 1.165) is 5.56 Å². The number of carbonyl (C=O) groups is 4. The second kappa shape index (κ2) is 14.7. The van der Waals surface area contributed by atoms with Crippen LogP contribution in [0.3, 0.4) is 0 Å². The van der Waals surface area contributed by atoms with Gasteiger partial charge in [-0.2, -0.15) is 0 Å². The van der Waals surface area contributed by atoms with Gasteiger partial charge in [0, 0.05) is 35.2 Å². The Morgan fingerprint density at radius 1 is 0.922 bits per heavy atom. The summed E-state index contributed by atoms with van der Waals surface area (Å²) in [6.45, 7) is 10.6. The monoisotopic (exact) mass is 696 g/mol. The van der Waals surface area contributed by atoms with Crippen molar-refractivity contribution in [1.82, 2.24) is 15.2 Å². The van der Waals surface area contributed by atoms with Crippen LogP contribution in [0, 0.1) is 5.41 Å². The minimum Gasteiger partial charge on any atom is -0.497 e. The zero-order valence-corrected chi connectivity index (χ0v) is 29.9. The van der Waals surface area contributed by atoms with E-state index in [-0.39, 0.29) is 24.2 Å². The molecule has 2 heterocycles. The van der Waals surface area contributed by atoms with Gasteiger partial charge in [0.2, 0.25) is 11.8 Å². The second-order valence-electron chi connectivity index (χ2n) is 14.6. The molecule has 3 atom stereocenters. The van der Waals surface area contributed by atoms with Gasteiger partial charge in [-0.25, -0.2) is 14.6 Å². The van der Waals surface area contributed by atoms with Gasteiger partial charge in [-0.15, -0.1) is 0 Å². The Bertz CT molecular complexity index is 1930. The average Bonchev–Trinajstić information content (AvgIpc) is 3.49. The first-order chi connectivity index (χ1) is 24.0. The molecule has 4 aromatic rings. The summed E-state index contributed by atoms with van der Waals surface area (Å²) >= 11 is 0. The van der Waals surface area contributed by atoms with Crippen LogP contribution in [0.2, 0.25) is 0 Å². The van der Waals surface area contributed by atoms with Crippen molar-refractivity contribution >= 4 is 40.5 Å². The molecule has 1 saturated heterocycles. The summed E-state index contributed by atoms with van der Waals surface area (Å²) in [5.74, 6) is -1.04. The third-order valence-electron chi connectivity index (χ3n) is 8.34. The van der Waals surface area contributed by atoms with Crippen LogP contribution in [0.25, 0.3) is 22.2 Å². The Morgan fingerprint density at radius 3 is 2.29 bits per heavy atom. The molecule has 0 radical (unpaired) electrons. The third kappa shape index (κ3) is 8.94. The number of hydrogen-bond acceptors (Lipinski definition) is 8. The van der Waals surface area contributed by atoms with Crippen LogP contribution in [0.4, 0.5) is 10.5 Å². The number of hydrogen-bond donors (Lipinski definition) is 3. The van der Waals surface area contributed by atoms with Crippen molar-refractivity contribution in [3.63, 3.8) is 0 Å². The SMILES string of the molecule is COc1ccc2c(O[C@@H]3CC(C(=O)Nc4cccc(C(=O)O)c4)N(C(=O)[C@@H](NC(=O)OC(C)(C)C)C(C)(C)C)C3)cc(-c3ccccc3)nc2c1. The highest BCUT2D eigenvalue weighted by Gasteiger charge is 2.46. The number of rotatable bonds is 9. The Labute approximate surface area is 297 Å². The molecule has 268 valence electrons. The number of aromatic nitrogens is 1. The molecule has 0 bridgehead atoms. The van der Waals surface area contributed by atoms with Crippen LogP contribution in [0.5, 0.6) is 11.5 Å². The lowest BCUT2D eigenvalue weighted by atomic mass is 9.85. The molecule has 5 rings (SSSR count). The fourth-order valence-electron chi connectivity index (χ4n) is 5.91. The summed E-state index contributed by atoms with van der Waals surface area (Å²) in [4.78, 5) is 59.2. The number of alkyl carbamates (subject to hydrolysis) is 1. The zero-order valence-electron chi connectivity index (χ0n) is 29.9. The van der Waals surface area contributed by atoms with E-state index >= 15 is 0 Å². The molecule has 1 aliphatic heterocycles. The van der Waals surface area contributed by atoms with Gasteiger partial charge in [-0.3, -0.25) is 9.59 Å². The molecular formula is C39H44N4O8. The number of amides is 3. The van der Waals surface area contributed by atoms with Gasteiger partial charge < -0.3 is 34.9 Å². The average molecular weight is 697 g/mol. The predicted molar refractivity (Wildman–Crippen MR) is 193 cm³/mol. The fraction of sp³-hybridized carbons (Fsp3) is 0.359. The number of carboxylic acid groups (broad SMARTS) is 1. The van der Waals surface area contributed by atoms with Gasteiger partial charge in [-0.05, 0) is 56.5 Å². The van der Waals surface area contributed by atoms with Gasteiger partial charge in [0.25, 0.3) is 0 Å². The first kappa shape index (κ1) is 36.6.